The molecule has 0 spiro atoms. The molecule has 2 N–H and O–H groups in total. The number of halogens is 2. The van der Waals surface area contributed by atoms with Gasteiger partial charge in [0.05, 0.1) is 11.4 Å². The number of hydrogen-bond acceptors (Lipinski definition) is 6. The predicted octanol–water partition coefficient (Wildman–Crippen LogP) is 3.20. The normalized spacial score (nSPS) is 10.4. The number of anilines is 2. The zero-order valence-corrected chi connectivity index (χ0v) is 13.1. The molecule has 2 aromatic rings. The van der Waals surface area contributed by atoms with E-state index in [9.17, 15) is 9.18 Å². The lowest BCUT2D eigenvalue weighted by Crippen LogP contribution is -1.96. The Morgan fingerprint density at radius 3 is 3.00 bits per heavy atom. The molecule has 0 amide bonds. The monoisotopic (exact) mass is 411 g/mol. The minimum atomic E-state index is -0.900. The van der Waals surface area contributed by atoms with Gasteiger partial charge in [0.25, 0.3) is 0 Å². The van der Waals surface area contributed by atoms with Gasteiger partial charge in [-0.3, -0.25) is 4.79 Å². The average molecular weight is 411 g/mol. The number of carboxylic acids is 1. The van der Waals surface area contributed by atoms with E-state index >= 15 is 0 Å². The van der Waals surface area contributed by atoms with E-state index < -0.39 is 5.97 Å². The molecule has 0 saturated heterocycles. The molecule has 1 heterocycles. The molecule has 0 bridgehead atoms. The van der Waals surface area contributed by atoms with Gasteiger partial charge in [-0.1, -0.05) is 23.1 Å². The molecule has 9 heteroatoms. The van der Waals surface area contributed by atoms with Crippen molar-refractivity contribution in [3.8, 4) is 0 Å². The Balaban J connectivity index is 2.05. The molecule has 5 nitrogen and oxygen atoms in total. The van der Waals surface area contributed by atoms with Crippen molar-refractivity contribution in [3.63, 3.8) is 0 Å². The number of aromatic nitrogens is 2. The van der Waals surface area contributed by atoms with Gasteiger partial charge < -0.3 is 10.4 Å². The van der Waals surface area contributed by atoms with E-state index in [-0.39, 0.29) is 11.6 Å². The Labute approximate surface area is 129 Å². The number of nitrogens with zero attached hydrogens (tertiary/aromatic N) is 2. The number of rotatable bonds is 5. The highest BCUT2D eigenvalue weighted by Gasteiger charge is 2.09. The third kappa shape index (κ3) is 4.28. The van der Waals surface area contributed by atoms with E-state index in [1.807, 2.05) is 22.6 Å². The second-order valence-electron chi connectivity index (χ2n) is 3.30. The Morgan fingerprint density at radius 1 is 1.53 bits per heavy atom. The summed E-state index contributed by atoms with van der Waals surface area (Å²) in [6.07, 6.45) is 0. The smallest absolute Gasteiger partial charge is 0.313 e. The third-order valence-electron chi connectivity index (χ3n) is 1.90. The fourth-order valence-corrected chi connectivity index (χ4v) is 3.24. The van der Waals surface area contributed by atoms with Gasteiger partial charge in [-0.05, 0) is 40.8 Å². The number of carbonyl (C=O) groups is 1. The summed E-state index contributed by atoms with van der Waals surface area (Å²) in [4.78, 5) is 10.4. The number of aliphatic carboxylic acids is 1. The first kappa shape index (κ1) is 14.5. The maximum Gasteiger partial charge on any atom is 0.313 e. The molecule has 0 unspecified atom stereocenters. The summed E-state index contributed by atoms with van der Waals surface area (Å²) in [7, 11) is 0. The predicted molar refractivity (Wildman–Crippen MR) is 80.7 cm³/mol. The Kier molecular flexibility index (Phi) is 4.93. The fraction of sp³-hybridized carbons (Fsp3) is 0.100. The second kappa shape index (κ2) is 6.48. The summed E-state index contributed by atoms with van der Waals surface area (Å²) in [5.74, 6) is -1.25. The zero-order chi connectivity index (χ0) is 13.8. The summed E-state index contributed by atoms with van der Waals surface area (Å²) in [6.45, 7) is 0. The maximum atomic E-state index is 12.9. The molecule has 0 saturated carbocycles. The van der Waals surface area contributed by atoms with Crippen molar-refractivity contribution < 1.29 is 14.3 Å². The highest BCUT2D eigenvalue weighted by atomic mass is 127. The molecule has 0 radical (unpaired) electrons. The molecule has 0 fully saturated rings. The van der Waals surface area contributed by atoms with Crippen LogP contribution in [0.1, 0.15) is 0 Å². The lowest BCUT2D eigenvalue weighted by molar-refractivity contribution is -0.133. The molecular weight excluding hydrogens is 404 g/mol. The van der Waals surface area contributed by atoms with Crippen LogP contribution >= 0.6 is 45.7 Å². The zero-order valence-electron chi connectivity index (χ0n) is 9.26. The SMILES string of the molecule is O=C(O)CSc1nnc(Nc2ccc(F)cc2I)s1. The van der Waals surface area contributed by atoms with Crippen molar-refractivity contribution in [2.45, 2.75) is 4.34 Å². The lowest BCUT2D eigenvalue weighted by Gasteiger charge is -2.04. The van der Waals surface area contributed by atoms with Crippen LogP contribution < -0.4 is 5.32 Å². The van der Waals surface area contributed by atoms with Crippen LogP contribution in [0.3, 0.4) is 0 Å². The van der Waals surface area contributed by atoms with E-state index in [1.54, 1.807) is 6.07 Å². The van der Waals surface area contributed by atoms with Crippen molar-refractivity contribution >= 4 is 62.5 Å². The Hall–Kier alpha value is -0.940. The number of thioether (sulfide) groups is 1. The first-order valence-corrected chi connectivity index (χ1v) is 7.83. The van der Waals surface area contributed by atoms with Gasteiger partial charge in [-0.15, -0.1) is 10.2 Å². The highest BCUT2D eigenvalue weighted by Crippen LogP contribution is 2.29. The summed E-state index contributed by atoms with van der Waals surface area (Å²) in [5, 5.41) is 19.9. The third-order valence-corrected chi connectivity index (χ3v) is 4.75. The first-order valence-electron chi connectivity index (χ1n) is 4.95. The Morgan fingerprint density at radius 2 is 2.32 bits per heavy atom. The van der Waals surface area contributed by atoms with Gasteiger partial charge >= 0.3 is 5.97 Å². The average Bonchev–Trinajstić information content (AvgIpc) is 2.78. The van der Waals surface area contributed by atoms with Crippen LogP contribution in [0.5, 0.6) is 0 Å². The number of hydrogen-bond donors (Lipinski definition) is 2. The van der Waals surface area contributed by atoms with E-state index in [4.69, 9.17) is 5.11 Å². The molecule has 2 rings (SSSR count). The molecule has 1 aromatic carbocycles. The summed E-state index contributed by atoms with van der Waals surface area (Å²) < 4.78 is 14.3. The van der Waals surface area contributed by atoms with Gasteiger partial charge in [-0.2, -0.15) is 0 Å². The second-order valence-corrected chi connectivity index (χ2v) is 6.67. The van der Waals surface area contributed by atoms with Gasteiger partial charge in [0.15, 0.2) is 4.34 Å². The first-order chi connectivity index (χ1) is 9.04. The number of nitrogens with one attached hydrogen (secondary N) is 1. The topological polar surface area (TPSA) is 75.1 Å². The largest absolute Gasteiger partial charge is 0.481 e. The van der Waals surface area contributed by atoms with Crippen molar-refractivity contribution in [3.05, 3.63) is 27.6 Å². The summed E-state index contributed by atoms with van der Waals surface area (Å²) in [5.41, 5.74) is 0.730. The standard InChI is InChI=1S/C10H7FIN3O2S2/c11-5-1-2-7(6(12)3-5)13-9-14-15-10(19-9)18-4-8(16)17/h1-3H,4H2,(H,13,14)(H,16,17). The highest BCUT2D eigenvalue weighted by molar-refractivity contribution is 14.1. The van der Waals surface area contributed by atoms with Crippen LogP contribution in [-0.4, -0.2) is 27.0 Å². The van der Waals surface area contributed by atoms with Gasteiger partial charge in [0.2, 0.25) is 5.13 Å². The Bertz CT molecular complexity index is 608. The molecule has 0 aliphatic carbocycles. The quantitative estimate of drug-likeness (QED) is 0.582. The van der Waals surface area contributed by atoms with Gasteiger partial charge in [0.1, 0.15) is 5.82 Å². The van der Waals surface area contributed by atoms with Crippen molar-refractivity contribution in [1.82, 2.24) is 10.2 Å². The van der Waals surface area contributed by atoms with Gasteiger partial charge in [0, 0.05) is 3.57 Å². The maximum absolute atomic E-state index is 12.9. The van der Waals surface area contributed by atoms with Crippen LogP contribution in [0.2, 0.25) is 0 Å². The van der Waals surface area contributed by atoms with Crippen LogP contribution in [0.15, 0.2) is 22.5 Å². The molecule has 0 aliphatic heterocycles. The van der Waals surface area contributed by atoms with Crippen molar-refractivity contribution in [2.75, 3.05) is 11.1 Å². The molecule has 0 atom stereocenters. The van der Waals surface area contributed by atoms with E-state index in [2.05, 4.69) is 15.5 Å². The molecule has 1 aromatic heterocycles. The molecule has 100 valence electrons. The lowest BCUT2D eigenvalue weighted by atomic mass is 10.3. The van der Waals surface area contributed by atoms with Crippen LogP contribution in [0, 0.1) is 9.39 Å². The molecular formula is C10H7FIN3O2S2. The van der Waals surface area contributed by atoms with E-state index in [0.29, 0.717) is 9.47 Å². The van der Waals surface area contributed by atoms with E-state index in [0.717, 1.165) is 21.0 Å². The van der Waals surface area contributed by atoms with Crippen molar-refractivity contribution in [1.29, 1.82) is 0 Å². The minimum absolute atomic E-state index is 0.0529. The van der Waals surface area contributed by atoms with E-state index in [1.165, 1.54) is 23.5 Å². The minimum Gasteiger partial charge on any atom is -0.481 e. The fourth-order valence-electron chi connectivity index (χ4n) is 1.15. The van der Waals surface area contributed by atoms with Crippen LogP contribution in [-0.2, 0) is 4.79 Å². The van der Waals surface area contributed by atoms with Crippen molar-refractivity contribution in [2.24, 2.45) is 0 Å². The summed E-state index contributed by atoms with van der Waals surface area (Å²) in [6, 6.07) is 4.37. The number of benzene rings is 1. The number of carboxylic acid groups (broad SMARTS) is 1. The van der Waals surface area contributed by atoms with Crippen LogP contribution in [0.4, 0.5) is 15.2 Å². The van der Waals surface area contributed by atoms with Gasteiger partial charge in [-0.25, -0.2) is 4.39 Å². The molecule has 0 aliphatic rings. The molecule has 19 heavy (non-hydrogen) atoms. The summed E-state index contributed by atoms with van der Waals surface area (Å²) >= 11 is 4.38. The van der Waals surface area contributed by atoms with Crippen LogP contribution in [0.25, 0.3) is 0 Å².